The molecule has 2 atom stereocenters. The van der Waals surface area contributed by atoms with Crippen LogP contribution in [-0.4, -0.2) is 24.2 Å². The van der Waals surface area contributed by atoms with Crippen molar-refractivity contribution in [1.29, 1.82) is 0 Å². The van der Waals surface area contributed by atoms with Crippen LogP contribution in [-0.2, 0) is 26.8 Å². The highest BCUT2D eigenvalue weighted by Crippen LogP contribution is 2.48. The molecule has 2 heterocycles. The minimum Gasteiger partial charge on any atom is -0.327 e. The number of benzene rings is 2. The lowest BCUT2D eigenvalue weighted by Crippen LogP contribution is -2.08. The van der Waals surface area contributed by atoms with Gasteiger partial charge in [0.2, 0.25) is 0 Å². The molecule has 2 aromatic carbocycles. The molecule has 8 heteroatoms. The zero-order chi connectivity index (χ0) is 23.9. The summed E-state index contributed by atoms with van der Waals surface area (Å²) in [5, 5.41) is 1.56. The number of aromatic amines is 1. The molecule has 1 aliphatic rings. The standard InChI is InChI=1S/C26H21ClN2O4S/c27-24-14-29-26(31)20-9-4-16(11-22(20)24)12-25(30)23-13-21(23)17-5-7-19(8-6-17)34(32,33)15-18-3-1-2-10-28-18/h1-11,14,21,23H,12-13,15H2,(H,29,31). The summed E-state index contributed by atoms with van der Waals surface area (Å²) in [5.74, 6) is -0.0373. The predicted molar refractivity (Wildman–Crippen MR) is 131 cm³/mol. The van der Waals surface area contributed by atoms with Crippen LogP contribution in [0.2, 0.25) is 5.02 Å². The molecule has 4 aromatic rings. The molecule has 0 amide bonds. The van der Waals surface area contributed by atoms with Crippen LogP contribution in [0, 0.1) is 5.92 Å². The Labute approximate surface area is 201 Å². The van der Waals surface area contributed by atoms with Crippen LogP contribution in [0.15, 0.2) is 82.7 Å². The van der Waals surface area contributed by atoms with Gasteiger partial charge in [0.15, 0.2) is 9.84 Å². The number of fused-ring (bicyclic) bond motifs is 1. The summed E-state index contributed by atoms with van der Waals surface area (Å²) in [6.07, 6.45) is 4.03. The van der Waals surface area contributed by atoms with Crippen molar-refractivity contribution in [2.75, 3.05) is 0 Å². The topological polar surface area (TPSA) is 97.0 Å². The molecule has 0 radical (unpaired) electrons. The number of hydrogen-bond acceptors (Lipinski definition) is 5. The first-order chi connectivity index (χ1) is 16.3. The molecule has 1 saturated carbocycles. The molecule has 2 unspecified atom stereocenters. The van der Waals surface area contributed by atoms with Gasteiger partial charge < -0.3 is 4.98 Å². The molecular weight excluding hydrogens is 472 g/mol. The summed E-state index contributed by atoms with van der Waals surface area (Å²) in [4.78, 5) is 31.7. The van der Waals surface area contributed by atoms with Crippen LogP contribution in [0.5, 0.6) is 0 Å². The van der Waals surface area contributed by atoms with Crippen molar-refractivity contribution in [3.8, 4) is 0 Å². The molecule has 2 aromatic heterocycles. The van der Waals surface area contributed by atoms with Gasteiger partial charge >= 0.3 is 0 Å². The number of hydrogen-bond donors (Lipinski definition) is 1. The Balaban J connectivity index is 1.26. The minimum atomic E-state index is -3.50. The minimum absolute atomic E-state index is 0.0898. The van der Waals surface area contributed by atoms with Crippen LogP contribution in [0.3, 0.4) is 0 Å². The Morgan fingerprint density at radius 1 is 1.06 bits per heavy atom. The van der Waals surface area contributed by atoms with E-state index >= 15 is 0 Å². The molecule has 0 bridgehead atoms. The Morgan fingerprint density at radius 3 is 2.59 bits per heavy atom. The van der Waals surface area contributed by atoms with Crippen molar-refractivity contribution in [2.45, 2.75) is 29.4 Å². The zero-order valence-corrected chi connectivity index (χ0v) is 19.6. The van der Waals surface area contributed by atoms with Crippen molar-refractivity contribution in [1.82, 2.24) is 9.97 Å². The number of carbonyl (C=O) groups excluding carboxylic acids is 1. The fourth-order valence-corrected chi connectivity index (χ4v) is 5.81. The normalized spacial score (nSPS) is 17.6. The van der Waals surface area contributed by atoms with Gasteiger partial charge in [0.05, 0.1) is 21.4 Å². The number of nitrogens with one attached hydrogen (secondary N) is 1. The third-order valence-corrected chi connectivity index (χ3v) is 8.21. The van der Waals surface area contributed by atoms with E-state index < -0.39 is 9.84 Å². The summed E-state index contributed by atoms with van der Waals surface area (Å²) >= 11 is 6.20. The van der Waals surface area contributed by atoms with E-state index in [0.29, 0.717) is 21.5 Å². The fraction of sp³-hybridized carbons (Fsp3) is 0.192. The number of nitrogens with zero attached hydrogens (tertiary/aromatic N) is 1. The largest absolute Gasteiger partial charge is 0.327 e. The van der Waals surface area contributed by atoms with Gasteiger partial charge in [-0.05, 0) is 59.9 Å². The third-order valence-electron chi connectivity index (χ3n) is 6.23. The number of pyridine rings is 2. The number of aromatic nitrogens is 2. The summed E-state index contributed by atoms with van der Waals surface area (Å²) in [5.41, 5.74) is 2.05. The maximum Gasteiger partial charge on any atom is 0.255 e. The van der Waals surface area contributed by atoms with Crippen molar-refractivity contribution in [2.24, 2.45) is 5.92 Å². The second kappa shape index (κ2) is 8.81. The van der Waals surface area contributed by atoms with Crippen LogP contribution in [0.4, 0.5) is 0 Å². The maximum absolute atomic E-state index is 12.9. The number of sulfone groups is 1. The first kappa shape index (κ1) is 22.5. The third kappa shape index (κ3) is 4.54. The van der Waals surface area contributed by atoms with Crippen molar-refractivity contribution < 1.29 is 13.2 Å². The van der Waals surface area contributed by atoms with E-state index in [1.807, 2.05) is 0 Å². The van der Waals surface area contributed by atoms with Gasteiger partial charge in [-0.3, -0.25) is 14.6 Å². The van der Waals surface area contributed by atoms with E-state index in [1.54, 1.807) is 66.9 Å². The zero-order valence-electron chi connectivity index (χ0n) is 18.1. The second-order valence-electron chi connectivity index (χ2n) is 8.59. The lowest BCUT2D eigenvalue weighted by Gasteiger charge is -2.07. The van der Waals surface area contributed by atoms with Gasteiger partial charge in [0.25, 0.3) is 5.56 Å². The summed E-state index contributed by atoms with van der Waals surface area (Å²) < 4.78 is 25.4. The number of rotatable bonds is 7. The Bertz CT molecular complexity index is 1550. The Kier molecular flexibility index (Phi) is 5.83. The number of Topliss-reactive ketones (excluding diaryl/α,β-unsaturated/α-hetero) is 1. The predicted octanol–water partition coefficient (Wildman–Crippen LogP) is 4.47. The number of H-pyrrole nitrogens is 1. The highest BCUT2D eigenvalue weighted by Gasteiger charge is 2.43. The van der Waals surface area contributed by atoms with Gasteiger partial charge in [-0.1, -0.05) is 35.9 Å². The van der Waals surface area contributed by atoms with Crippen molar-refractivity contribution in [3.05, 3.63) is 105 Å². The first-order valence-corrected chi connectivity index (χ1v) is 12.9. The average molecular weight is 493 g/mol. The van der Waals surface area contributed by atoms with Crippen molar-refractivity contribution >= 4 is 38.0 Å². The van der Waals surface area contributed by atoms with Gasteiger partial charge in [0, 0.05) is 35.5 Å². The van der Waals surface area contributed by atoms with Gasteiger partial charge in [-0.2, -0.15) is 0 Å². The Hall–Kier alpha value is -3.29. The quantitative estimate of drug-likeness (QED) is 0.410. The van der Waals surface area contributed by atoms with E-state index in [-0.39, 0.29) is 40.2 Å². The lowest BCUT2D eigenvalue weighted by molar-refractivity contribution is -0.119. The molecular formula is C26H21ClN2O4S. The highest BCUT2D eigenvalue weighted by molar-refractivity contribution is 7.90. The van der Waals surface area contributed by atoms with Crippen molar-refractivity contribution in [3.63, 3.8) is 0 Å². The molecule has 6 nitrogen and oxygen atoms in total. The molecule has 0 spiro atoms. The second-order valence-corrected chi connectivity index (χ2v) is 11.0. The van der Waals surface area contributed by atoms with Crippen LogP contribution in [0.25, 0.3) is 10.8 Å². The first-order valence-electron chi connectivity index (χ1n) is 10.9. The maximum atomic E-state index is 12.9. The monoisotopic (exact) mass is 492 g/mol. The molecule has 0 saturated heterocycles. The highest BCUT2D eigenvalue weighted by atomic mass is 35.5. The van der Waals surface area contributed by atoms with Crippen LogP contribution < -0.4 is 5.56 Å². The summed E-state index contributed by atoms with van der Waals surface area (Å²) in [6, 6.07) is 17.3. The number of carbonyl (C=O) groups is 1. The number of halogens is 1. The van der Waals surface area contributed by atoms with Gasteiger partial charge in [0.1, 0.15) is 5.78 Å². The fourth-order valence-electron chi connectivity index (χ4n) is 4.32. The van der Waals surface area contributed by atoms with Crippen LogP contribution in [0.1, 0.15) is 29.2 Å². The average Bonchev–Trinajstić information content (AvgIpc) is 3.63. The van der Waals surface area contributed by atoms with Gasteiger partial charge in [-0.15, -0.1) is 0 Å². The molecule has 1 N–H and O–H groups in total. The van der Waals surface area contributed by atoms with Crippen LogP contribution >= 0.6 is 11.6 Å². The molecule has 5 rings (SSSR count). The summed E-state index contributed by atoms with van der Waals surface area (Å²) in [6.45, 7) is 0. The van der Waals surface area contributed by atoms with E-state index in [9.17, 15) is 18.0 Å². The molecule has 1 fully saturated rings. The Morgan fingerprint density at radius 2 is 1.85 bits per heavy atom. The van der Waals surface area contributed by atoms with E-state index in [4.69, 9.17) is 11.6 Å². The molecule has 172 valence electrons. The van der Waals surface area contributed by atoms with E-state index in [0.717, 1.165) is 17.5 Å². The SMILES string of the molecule is O=C(Cc1ccc2c(=O)[nH]cc(Cl)c2c1)C1CC1c1ccc(S(=O)(=O)Cc2ccccn2)cc1. The van der Waals surface area contributed by atoms with E-state index in [1.165, 1.54) is 6.20 Å². The molecule has 1 aliphatic carbocycles. The lowest BCUT2D eigenvalue weighted by atomic mass is 10.0. The smallest absolute Gasteiger partial charge is 0.255 e. The number of ketones is 1. The van der Waals surface area contributed by atoms with E-state index in [2.05, 4.69) is 9.97 Å². The summed E-state index contributed by atoms with van der Waals surface area (Å²) in [7, 11) is -3.50. The molecule has 0 aliphatic heterocycles. The molecule has 34 heavy (non-hydrogen) atoms. The van der Waals surface area contributed by atoms with Gasteiger partial charge in [-0.25, -0.2) is 8.42 Å².